The number of hydrogen-bond acceptors (Lipinski definition) is 2. The summed E-state index contributed by atoms with van der Waals surface area (Å²) in [5.74, 6) is -0.111. The van der Waals surface area contributed by atoms with Gasteiger partial charge in [-0.15, -0.1) is 0 Å². The Morgan fingerprint density at radius 1 is 1.56 bits per heavy atom. The smallest absolute Gasteiger partial charge is 0.253 e. The molecule has 1 saturated heterocycles. The molecule has 16 heavy (non-hydrogen) atoms. The molecule has 1 aliphatic heterocycles. The van der Waals surface area contributed by atoms with E-state index in [1.807, 2.05) is 0 Å². The molecule has 5 heteroatoms. The van der Waals surface area contributed by atoms with E-state index in [-0.39, 0.29) is 12.0 Å². The molecule has 2 rings (SSSR count). The number of hydrogen-bond donors (Lipinski definition) is 1. The molecule has 0 spiro atoms. The highest BCUT2D eigenvalue weighted by Gasteiger charge is 2.23. The summed E-state index contributed by atoms with van der Waals surface area (Å²) in [5.41, 5.74) is 0.674. The SMILES string of the molecule is O=C(Nc1cc(Cl)ccc1Br)[C@@H]1CCCO1. The maximum Gasteiger partial charge on any atom is 0.253 e. The summed E-state index contributed by atoms with van der Waals surface area (Å²) in [7, 11) is 0. The molecule has 0 saturated carbocycles. The van der Waals surface area contributed by atoms with E-state index < -0.39 is 0 Å². The van der Waals surface area contributed by atoms with Crippen molar-refractivity contribution >= 4 is 39.1 Å². The molecule has 1 aromatic rings. The fraction of sp³-hybridized carbons (Fsp3) is 0.364. The van der Waals surface area contributed by atoms with Gasteiger partial charge in [0.25, 0.3) is 5.91 Å². The van der Waals surface area contributed by atoms with Crippen LogP contribution in [0.3, 0.4) is 0 Å². The van der Waals surface area contributed by atoms with Gasteiger partial charge < -0.3 is 10.1 Å². The number of ether oxygens (including phenoxy) is 1. The van der Waals surface area contributed by atoms with Crippen molar-refractivity contribution in [1.29, 1.82) is 0 Å². The van der Waals surface area contributed by atoms with Gasteiger partial charge in [-0.25, -0.2) is 0 Å². The van der Waals surface area contributed by atoms with E-state index in [0.717, 1.165) is 17.3 Å². The van der Waals surface area contributed by atoms with Gasteiger partial charge in [-0.2, -0.15) is 0 Å². The second kappa shape index (κ2) is 5.17. The molecule has 1 aromatic carbocycles. The molecular formula is C11H11BrClNO2. The predicted molar refractivity (Wildman–Crippen MR) is 66.8 cm³/mol. The van der Waals surface area contributed by atoms with E-state index in [1.54, 1.807) is 18.2 Å². The summed E-state index contributed by atoms with van der Waals surface area (Å²) in [4.78, 5) is 11.8. The van der Waals surface area contributed by atoms with Crippen LogP contribution in [-0.4, -0.2) is 18.6 Å². The minimum absolute atomic E-state index is 0.111. The topological polar surface area (TPSA) is 38.3 Å². The van der Waals surface area contributed by atoms with Gasteiger partial charge in [-0.05, 0) is 47.0 Å². The number of halogens is 2. The van der Waals surface area contributed by atoms with Crippen LogP contribution in [0.4, 0.5) is 5.69 Å². The molecule has 1 heterocycles. The van der Waals surface area contributed by atoms with E-state index in [4.69, 9.17) is 16.3 Å². The number of anilines is 1. The number of carbonyl (C=O) groups is 1. The van der Waals surface area contributed by atoms with Gasteiger partial charge in [0.2, 0.25) is 0 Å². The van der Waals surface area contributed by atoms with E-state index in [1.165, 1.54) is 0 Å². The first-order valence-electron chi connectivity index (χ1n) is 5.04. The lowest BCUT2D eigenvalue weighted by molar-refractivity contribution is -0.124. The summed E-state index contributed by atoms with van der Waals surface area (Å²) in [6, 6.07) is 5.26. The van der Waals surface area contributed by atoms with Gasteiger partial charge >= 0.3 is 0 Å². The largest absolute Gasteiger partial charge is 0.368 e. The van der Waals surface area contributed by atoms with Gasteiger partial charge in [-0.3, -0.25) is 4.79 Å². The van der Waals surface area contributed by atoms with Crippen molar-refractivity contribution in [3.63, 3.8) is 0 Å². The van der Waals surface area contributed by atoms with Crippen molar-refractivity contribution in [2.24, 2.45) is 0 Å². The third-order valence-corrected chi connectivity index (χ3v) is 3.33. The first-order valence-corrected chi connectivity index (χ1v) is 6.21. The van der Waals surface area contributed by atoms with Crippen molar-refractivity contribution in [2.75, 3.05) is 11.9 Å². The molecule has 0 aliphatic carbocycles. The Hall–Kier alpha value is -0.580. The zero-order valence-corrected chi connectivity index (χ0v) is 10.8. The van der Waals surface area contributed by atoms with Gasteiger partial charge in [0.15, 0.2) is 0 Å². The van der Waals surface area contributed by atoms with Gasteiger partial charge in [0, 0.05) is 16.1 Å². The van der Waals surface area contributed by atoms with Crippen LogP contribution < -0.4 is 5.32 Å². The van der Waals surface area contributed by atoms with Crippen LogP contribution in [-0.2, 0) is 9.53 Å². The molecule has 1 N–H and O–H groups in total. The monoisotopic (exact) mass is 303 g/mol. The Bertz CT molecular complexity index is 405. The van der Waals surface area contributed by atoms with E-state index in [2.05, 4.69) is 21.2 Å². The highest BCUT2D eigenvalue weighted by molar-refractivity contribution is 9.10. The summed E-state index contributed by atoms with van der Waals surface area (Å²) in [5, 5.41) is 3.39. The third-order valence-electron chi connectivity index (χ3n) is 2.41. The molecule has 0 unspecified atom stereocenters. The van der Waals surface area contributed by atoms with Crippen LogP contribution >= 0.6 is 27.5 Å². The first kappa shape index (κ1) is 11.9. The van der Waals surface area contributed by atoms with E-state index in [0.29, 0.717) is 17.3 Å². The number of carbonyl (C=O) groups excluding carboxylic acids is 1. The zero-order valence-electron chi connectivity index (χ0n) is 8.50. The van der Waals surface area contributed by atoms with Crippen LogP contribution in [0.15, 0.2) is 22.7 Å². The summed E-state index contributed by atoms with van der Waals surface area (Å²) in [6.45, 7) is 0.662. The van der Waals surface area contributed by atoms with Crippen LogP contribution in [0.25, 0.3) is 0 Å². The normalized spacial score (nSPS) is 19.8. The average Bonchev–Trinajstić information content (AvgIpc) is 2.76. The standard InChI is InChI=1S/C11H11BrClNO2/c12-8-4-3-7(13)6-9(8)14-11(15)10-2-1-5-16-10/h3-4,6,10H,1-2,5H2,(H,14,15)/t10-/m0/s1. The maximum absolute atomic E-state index is 11.8. The number of amides is 1. The molecule has 1 fully saturated rings. The number of rotatable bonds is 2. The van der Waals surface area contributed by atoms with Crippen molar-refractivity contribution in [1.82, 2.24) is 0 Å². The van der Waals surface area contributed by atoms with Gasteiger partial charge in [-0.1, -0.05) is 11.6 Å². The van der Waals surface area contributed by atoms with Gasteiger partial charge in [0.05, 0.1) is 5.69 Å². The Kier molecular flexibility index (Phi) is 3.84. The van der Waals surface area contributed by atoms with Crippen molar-refractivity contribution in [2.45, 2.75) is 18.9 Å². The second-order valence-corrected chi connectivity index (χ2v) is 4.91. The lowest BCUT2D eigenvalue weighted by Gasteiger charge is -2.11. The Labute approximate surface area is 107 Å². The minimum atomic E-state index is -0.328. The molecule has 0 bridgehead atoms. The van der Waals surface area contributed by atoms with E-state index >= 15 is 0 Å². The van der Waals surface area contributed by atoms with Crippen LogP contribution in [0.1, 0.15) is 12.8 Å². The Balaban J connectivity index is 2.07. The minimum Gasteiger partial charge on any atom is -0.368 e. The Morgan fingerprint density at radius 2 is 2.38 bits per heavy atom. The fourth-order valence-corrected chi connectivity index (χ4v) is 2.11. The lowest BCUT2D eigenvalue weighted by Crippen LogP contribution is -2.26. The number of nitrogens with one attached hydrogen (secondary N) is 1. The average molecular weight is 305 g/mol. The van der Waals surface area contributed by atoms with Crippen molar-refractivity contribution in [3.05, 3.63) is 27.7 Å². The first-order chi connectivity index (χ1) is 7.66. The molecule has 0 radical (unpaired) electrons. The third kappa shape index (κ3) is 2.75. The fourth-order valence-electron chi connectivity index (χ4n) is 1.59. The highest BCUT2D eigenvalue weighted by atomic mass is 79.9. The van der Waals surface area contributed by atoms with Crippen LogP contribution in [0.5, 0.6) is 0 Å². The summed E-state index contributed by atoms with van der Waals surface area (Å²) < 4.78 is 6.11. The Morgan fingerprint density at radius 3 is 3.06 bits per heavy atom. The molecule has 86 valence electrons. The molecule has 3 nitrogen and oxygen atoms in total. The zero-order chi connectivity index (χ0) is 11.5. The number of benzene rings is 1. The highest BCUT2D eigenvalue weighted by Crippen LogP contribution is 2.26. The van der Waals surface area contributed by atoms with Crippen LogP contribution in [0.2, 0.25) is 5.02 Å². The summed E-state index contributed by atoms with van der Waals surface area (Å²) in [6.07, 6.45) is 1.39. The van der Waals surface area contributed by atoms with Crippen molar-refractivity contribution < 1.29 is 9.53 Å². The van der Waals surface area contributed by atoms with Crippen LogP contribution in [0, 0.1) is 0 Å². The molecule has 1 aliphatic rings. The van der Waals surface area contributed by atoms with Gasteiger partial charge in [0.1, 0.15) is 6.10 Å². The predicted octanol–water partition coefficient (Wildman–Crippen LogP) is 3.22. The molecule has 1 amide bonds. The van der Waals surface area contributed by atoms with E-state index in [9.17, 15) is 4.79 Å². The quantitative estimate of drug-likeness (QED) is 0.911. The molecular weight excluding hydrogens is 293 g/mol. The second-order valence-electron chi connectivity index (χ2n) is 3.62. The lowest BCUT2D eigenvalue weighted by atomic mass is 10.2. The summed E-state index contributed by atoms with van der Waals surface area (Å²) >= 11 is 9.21. The molecule has 1 atom stereocenters. The van der Waals surface area contributed by atoms with Crippen molar-refractivity contribution in [3.8, 4) is 0 Å². The maximum atomic E-state index is 11.8. The molecule has 0 aromatic heterocycles.